The molecule has 1 aliphatic carbocycles. The number of carbonyl (C=O) groups is 1. The highest BCUT2D eigenvalue weighted by Gasteiger charge is 2.45. The van der Waals surface area contributed by atoms with Crippen molar-refractivity contribution in [2.75, 3.05) is 0 Å². The number of carbonyl (C=O) groups excluding carboxylic acids is 1. The largest absolute Gasteiger partial charge is 0.399 e. The summed E-state index contributed by atoms with van der Waals surface area (Å²) in [6.07, 6.45) is -1.68. The van der Waals surface area contributed by atoms with Crippen LogP contribution in [0.3, 0.4) is 0 Å². The van der Waals surface area contributed by atoms with E-state index in [1.807, 2.05) is 0 Å². The summed E-state index contributed by atoms with van der Waals surface area (Å²) < 4.78 is 54.7. The van der Waals surface area contributed by atoms with Crippen LogP contribution in [-0.4, -0.2) is 17.6 Å². The number of allylic oxidation sites excluding steroid dienone is 1. The zero-order valence-electron chi connectivity index (χ0n) is 15.8. The molecule has 0 amide bonds. The Kier molecular flexibility index (Phi) is 6.57. The zero-order valence-corrected chi connectivity index (χ0v) is 18.1. The van der Waals surface area contributed by atoms with Crippen LogP contribution in [0.4, 0.5) is 17.6 Å². The van der Waals surface area contributed by atoms with Crippen LogP contribution in [0.2, 0.25) is 15.1 Å². The van der Waals surface area contributed by atoms with Gasteiger partial charge in [-0.05, 0) is 48.6 Å². The molecule has 1 aliphatic rings. The van der Waals surface area contributed by atoms with Gasteiger partial charge < -0.3 is 0 Å². The first-order valence-electron chi connectivity index (χ1n) is 9.12. The summed E-state index contributed by atoms with van der Waals surface area (Å²) in [5, 5.41) is -0.146. The summed E-state index contributed by atoms with van der Waals surface area (Å²) in [6, 6.07) is 6.91. The Balaban J connectivity index is 1.86. The molecule has 2 aromatic carbocycles. The van der Waals surface area contributed by atoms with Gasteiger partial charge >= 0.3 is 6.18 Å². The van der Waals surface area contributed by atoms with Crippen molar-refractivity contribution < 1.29 is 22.4 Å². The zero-order chi connectivity index (χ0) is 22.3. The second kappa shape index (κ2) is 8.52. The van der Waals surface area contributed by atoms with E-state index in [4.69, 9.17) is 34.8 Å². The number of halogens is 7. The van der Waals surface area contributed by atoms with E-state index >= 15 is 0 Å². The molecule has 0 heterocycles. The SMILES string of the molecule is Cc1cc(/C=C/C(c2cc(Cl)c(Cl)c(Cl)c2)C(F)(F)F)ccc1C(=O)CC1(F)CC1. The summed E-state index contributed by atoms with van der Waals surface area (Å²) in [7, 11) is 0. The van der Waals surface area contributed by atoms with Gasteiger partial charge in [0.2, 0.25) is 0 Å². The molecule has 30 heavy (non-hydrogen) atoms. The maximum absolute atomic E-state index is 13.8. The maximum Gasteiger partial charge on any atom is 0.399 e. The number of aryl methyl sites for hydroxylation is 1. The van der Waals surface area contributed by atoms with Gasteiger partial charge in [0.1, 0.15) is 5.67 Å². The highest BCUT2D eigenvalue weighted by atomic mass is 35.5. The van der Waals surface area contributed by atoms with E-state index < -0.39 is 17.8 Å². The molecule has 0 aromatic heterocycles. The number of ketones is 1. The first kappa shape index (κ1) is 23.1. The molecule has 1 saturated carbocycles. The smallest absolute Gasteiger partial charge is 0.294 e. The highest BCUT2D eigenvalue weighted by Crippen LogP contribution is 2.44. The van der Waals surface area contributed by atoms with Crippen molar-refractivity contribution in [3.8, 4) is 0 Å². The topological polar surface area (TPSA) is 17.1 Å². The fourth-order valence-corrected chi connectivity index (χ4v) is 3.78. The van der Waals surface area contributed by atoms with Gasteiger partial charge in [0, 0.05) is 12.0 Å². The fraction of sp³-hybridized carbons (Fsp3) is 0.318. The van der Waals surface area contributed by atoms with Gasteiger partial charge in [0.15, 0.2) is 5.78 Å². The van der Waals surface area contributed by atoms with Gasteiger partial charge in [-0.25, -0.2) is 4.39 Å². The quantitative estimate of drug-likeness (QED) is 0.231. The van der Waals surface area contributed by atoms with Gasteiger partial charge in [-0.2, -0.15) is 13.2 Å². The molecule has 0 bridgehead atoms. The molecule has 2 aromatic rings. The predicted octanol–water partition coefficient (Wildman–Crippen LogP) is 8.39. The Morgan fingerprint density at radius 1 is 1.13 bits per heavy atom. The van der Waals surface area contributed by atoms with E-state index in [1.54, 1.807) is 13.0 Å². The van der Waals surface area contributed by atoms with Crippen LogP contribution in [-0.2, 0) is 0 Å². The van der Waals surface area contributed by atoms with Crippen molar-refractivity contribution in [2.24, 2.45) is 0 Å². The monoisotopic (exact) mass is 478 g/mol. The van der Waals surface area contributed by atoms with E-state index in [-0.39, 0.29) is 32.8 Å². The molecule has 0 radical (unpaired) electrons. The van der Waals surface area contributed by atoms with E-state index in [0.29, 0.717) is 29.5 Å². The van der Waals surface area contributed by atoms with Crippen LogP contribution in [0.1, 0.15) is 52.2 Å². The molecule has 0 aliphatic heterocycles. The lowest BCUT2D eigenvalue weighted by Gasteiger charge is -2.18. The average Bonchev–Trinajstić information content (AvgIpc) is 3.35. The minimum atomic E-state index is -4.58. The van der Waals surface area contributed by atoms with Crippen molar-refractivity contribution in [3.63, 3.8) is 0 Å². The molecule has 0 spiro atoms. The number of alkyl halides is 4. The van der Waals surface area contributed by atoms with Crippen molar-refractivity contribution in [1.29, 1.82) is 0 Å². The minimum absolute atomic E-state index is 0.0101. The number of benzene rings is 2. The molecule has 8 heteroatoms. The minimum Gasteiger partial charge on any atom is -0.294 e. The Labute approximate surface area is 186 Å². The molecule has 1 atom stereocenters. The number of hydrogen-bond donors (Lipinski definition) is 0. The second-order valence-electron chi connectivity index (χ2n) is 7.50. The van der Waals surface area contributed by atoms with E-state index in [1.165, 1.54) is 18.2 Å². The van der Waals surface area contributed by atoms with Crippen LogP contribution in [0.15, 0.2) is 36.4 Å². The van der Waals surface area contributed by atoms with E-state index in [9.17, 15) is 22.4 Å². The van der Waals surface area contributed by atoms with Crippen LogP contribution in [0.5, 0.6) is 0 Å². The molecule has 0 N–H and O–H groups in total. The van der Waals surface area contributed by atoms with Gasteiger partial charge in [0.25, 0.3) is 0 Å². The third-order valence-corrected chi connectivity index (χ3v) is 6.22. The Bertz CT molecular complexity index is 987. The first-order valence-corrected chi connectivity index (χ1v) is 10.3. The molecule has 0 saturated heterocycles. The highest BCUT2D eigenvalue weighted by molar-refractivity contribution is 6.48. The van der Waals surface area contributed by atoms with Gasteiger partial charge in [-0.3, -0.25) is 4.79 Å². The fourth-order valence-electron chi connectivity index (χ4n) is 3.17. The summed E-state index contributed by atoms with van der Waals surface area (Å²) in [5.41, 5.74) is -0.110. The molecule has 160 valence electrons. The standard InChI is InChI=1S/C22H17Cl3F4O/c1-12-8-13(2-4-15(12)19(30)11-21(26)6-7-21)3-5-16(22(27,28)29)14-9-17(23)20(25)18(24)10-14/h2-5,8-10,16H,6-7,11H2,1H3/b5-3+. The molecule has 1 nitrogen and oxygen atoms in total. The maximum atomic E-state index is 13.8. The lowest BCUT2D eigenvalue weighted by molar-refractivity contribution is -0.139. The number of Topliss-reactive ketones (excluding diaryl/α,β-unsaturated/α-hetero) is 1. The summed E-state index contributed by atoms with van der Waals surface area (Å²) in [5.74, 6) is -2.26. The van der Waals surface area contributed by atoms with Crippen molar-refractivity contribution in [3.05, 3.63) is 73.7 Å². The normalized spacial score (nSPS) is 16.7. The Morgan fingerprint density at radius 3 is 2.23 bits per heavy atom. The summed E-state index contributed by atoms with van der Waals surface area (Å²) >= 11 is 17.6. The van der Waals surface area contributed by atoms with Gasteiger partial charge in [-0.1, -0.05) is 65.2 Å². The summed E-state index contributed by atoms with van der Waals surface area (Å²) in [4.78, 5) is 12.3. The van der Waals surface area contributed by atoms with Crippen molar-refractivity contribution in [2.45, 2.75) is 43.9 Å². The third kappa shape index (κ3) is 5.37. The molecule has 1 unspecified atom stereocenters. The van der Waals surface area contributed by atoms with Crippen molar-refractivity contribution in [1.82, 2.24) is 0 Å². The average molecular weight is 480 g/mol. The second-order valence-corrected chi connectivity index (χ2v) is 8.69. The molecular formula is C22H17Cl3F4O. The molecule has 3 rings (SSSR count). The van der Waals surface area contributed by atoms with E-state index in [2.05, 4.69) is 0 Å². The number of hydrogen-bond acceptors (Lipinski definition) is 1. The lowest BCUT2D eigenvalue weighted by Crippen LogP contribution is -2.19. The van der Waals surface area contributed by atoms with Crippen LogP contribution in [0.25, 0.3) is 6.08 Å². The van der Waals surface area contributed by atoms with E-state index in [0.717, 1.165) is 18.2 Å². The third-order valence-electron chi connectivity index (χ3n) is 5.02. The predicted molar refractivity (Wildman–Crippen MR) is 113 cm³/mol. The summed E-state index contributed by atoms with van der Waals surface area (Å²) in [6.45, 7) is 1.67. The van der Waals surface area contributed by atoms with Gasteiger partial charge in [0.05, 0.1) is 21.0 Å². The number of rotatable bonds is 6. The van der Waals surface area contributed by atoms with Crippen molar-refractivity contribution >= 4 is 46.7 Å². The Hall–Kier alpha value is -1.56. The first-order chi connectivity index (χ1) is 13.9. The van der Waals surface area contributed by atoms with Crippen LogP contribution >= 0.6 is 34.8 Å². The molecule has 1 fully saturated rings. The molecular weight excluding hydrogens is 463 g/mol. The van der Waals surface area contributed by atoms with Gasteiger partial charge in [-0.15, -0.1) is 0 Å². The lowest BCUT2D eigenvalue weighted by atomic mass is 9.95. The van der Waals surface area contributed by atoms with Crippen LogP contribution < -0.4 is 0 Å². The Morgan fingerprint density at radius 2 is 1.73 bits per heavy atom. The van der Waals surface area contributed by atoms with Crippen LogP contribution in [0, 0.1) is 6.92 Å².